The second-order valence-corrected chi connectivity index (χ2v) is 8.14. The zero-order valence-corrected chi connectivity index (χ0v) is 13.3. The lowest BCUT2D eigenvalue weighted by atomic mass is 10.2. The van der Waals surface area contributed by atoms with Gasteiger partial charge in [0.1, 0.15) is 0 Å². The molecule has 0 N–H and O–H groups in total. The molecule has 0 saturated carbocycles. The normalized spacial score (nSPS) is 19.3. The molecule has 1 fully saturated rings. The average Bonchev–Trinajstić information content (AvgIpc) is 2.45. The summed E-state index contributed by atoms with van der Waals surface area (Å²) >= 11 is 0. The van der Waals surface area contributed by atoms with Crippen LogP contribution in [0.15, 0.2) is 32.9 Å². The molecule has 0 radical (unpaired) electrons. The first-order valence-corrected chi connectivity index (χ1v) is 8.97. The predicted octanol–water partition coefficient (Wildman–Crippen LogP) is 2.25. The van der Waals surface area contributed by atoms with Crippen LogP contribution >= 0.6 is 0 Å². The molecule has 1 aromatic carbocycles. The van der Waals surface area contributed by atoms with Crippen molar-refractivity contribution in [1.29, 1.82) is 0 Å². The van der Waals surface area contributed by atoms with Gasteiger partial charge in [-0.15, -0.1) is 3.77 Å². The number of benzene rings is 1. The van der Waals surface area contributed by atoms with E-state index in [4.69, 9.17) is 4.74 Å². The van der Waals surface area contributed by atoms with Gasteiger partial charge < -0.3 is 4.74 Å². The fourth-order valence-corrected chi connectivity index (χ4v) is 4.87. The van der Waals surface area contributed by atoms with Gasteiger partial charge in [-0.2, -0.15) is 21.6 Å². The predicted molar refractivity (Wildman–Crippen MR) is 76.6 cm³/mol. The van der Waals surface area contributed by atoms with E-state index in [9.17, 15) is 21.6 Å². The molecule has 1 unspecified atom stereocenters. The molecule has 1 saturated heterocycles. The van der Waals surface area contributed by atoms with Gasteiger partial charge in [-0.05, 0) is 19.1 Å². The van der Waals surface area contributed by atoms with Gasteiger partial charge in [0.2, 0.25) is 0 Å². The van der Waals surface area contributed by atoms with Crippen LogP contribution < -0.4 is 0 Å². The lowest BCUT2D eigenvalue weighted by Gasteiger charge is -2.29. The number of halogens is 3. The Morgan fingerprint density at radius 2 is 1.73 bits per heavy atom. The fourth-order valence-electron chi connectivity index (χ4n) is 1.80. The number of nitrogens with zero attached hydrogens (tertiary/aromatic N) is 2. The molecule has 124 valence electrons. The third-order valence-electron chi connectivity index (χ3n) is 2.91. The number of hydrogen-bond donors (Lipinski definition) is 0. The Hall–Kier alpha value is -0.970. The Balaban J connectivity index is 2.41. The molecule has 0 bridgehead atoms. The Kier molecular flexibility index (Phi) is 5.25. The van der Waals surface area contributed by atoms with Crippen LogP contribution in [0.4, 0.5) is 13.2 Å². The summed E-state index contributed by atoms with van der Waals surface area (Å²) in [7, 11) is -7.09. The molecular weight excluding hydrogens is 341 g/mol. The number of alkyl halides is 3. The van der Waals surface area contributed by atoms with E-state index in [0.717, 1.165) is 9.87 Å². The largest absolute Gasteiger partial charge is 0.467 e. The molecule has 5 nitrogen and oxygen atoms in total. The average molecular weight is 356 g/mol. The highest BCUT2D eigenvalue weighted by atomic mass is 32.3. The van der Waals surface area contributed by atoms with Crippen molar-refractivity contribution in [3.05, 3.63) is 29.8 Å². The van der Waals surface area contributed by atoms with Gasteiger partial charge in [0.05, 0.1) is 29.0 Å². The number of ether oxygens (including phenoxy) is 1. The molecule has 22 heavy (non-hydrogen) atoms. The van der Waals surface area contributed by atoms with Crippen LogP contribution in [0.3, 0.4) is 0 Å². The van der Waals surface area contributed by atoms with Crippen molar-refractivity contribution in [1.82, 2.24) is 4.31 Å². The summed E-state index contributed by atoms with van der Waals surface area (Å²) in [6.45, 7) is 1.99. The Morgan fingerprint density at radius 3 is 2.23 bits per heavy atom. The molecule has 1 atom stereocenters. The smallest absolute Gasteiger partial charge is 0.379 e. The van der Waals surface area contributed by atoms with Gasteiger partial charge in [0.25, 0.3) is 10.0 Å². The minimum absolute atomic E-state index is 0.00443. The standard InChI is InChI=1S/C12H15F3N2O3S2/c1-10-2-4-11(5-3-10)22(18,19)16-21(12(13,14)15)17-6-8-20-9-7-17/h2-5H,6-9H2,1H3. The summed E-state index contributed by atoms with van der Waals surface area (Å²) in [4.78, 5) is -0.242. The number of sulfonamides is 1. The molecule has 0 aliphatic carbocycles. The van der Waals surface area contributed by atoms with Crippen molar-refractivity contribution in [3.63, 3.8) is 0 Å². The zero-order chi connectivity index (χ0) is 16.4. The van der Waals surface area contributed by atoms with E-state index >= 15 is 0 Å². The summed E-state index contributed by atoms with van der Waals surface area (Å²) in [5.41, 5.74) is -3.93. The van der Waals surface area contributed by atoms with Gasteiger partial charge in [-0.25, -0.2) is 4.31 Å². The molecule has 2 rings (SSSR count). The number of morpholine rings is 1. The van der Waals surface area contributed by atoms with Crippen molar-refractivity contribution in [2.24, 2.45) is 3.77 Å². The SMILES string of the molecule is Cc1ccc(S(=O)(=O)/N=S(\N2CCOCC2)C(F)(F)F)cc1. The van der Waals surface area contributed by atoms with Crippen LogP contribution in [0.25, 0.3) is 0 Å². The van der Waals surface area contributed by atoms with Gasteiger partial charge in [0, 0.05) is 13.1 Å². The maximum Gasteiger partial charge on any atom is 0.467 e. The van der Waals surface area contributed by atoms with Gasteiger partial charge in [-0.1, -0.05) is 17.7 Å². The minimum atomic E-state index is -4.74. The van der Waals surface area contributed by atoms with Crippen molar-refractivity contribution < 1.29 is 26.3 Å². The first-order valence-electron chi connectivity index (χ1n) is 6.39. The van der Waals surface area contributed by atoms with Crippen LogP contribution in [0, 0.1) is 6.92 Å². The quantitative estimate of drug-likeness (QED) is 0.834. The molecule has 1 aliphatic heterocycles. The van der Waals surface area contributed by atoms with Crippen LogP contribution in [-0.2, 0) is 25.6 Å². The molecule has 0 spiro atoms. The maximum absolute atomic E-state index is 13.2. The zero-order valence-electron chi connectivity index (χ0n) is 11.7. The van der Waals surface area contributed by atoms with Crippen LogP contribution in [-0.4, -0.2) is 44.5 Å². The van der Waals surface area contributed by atoms with E-state index < -0.39 is 26.4 Å². The third-order valence-corrected chi connectivity index (χ3v) is 6.40. The van der Waals surface area contributed by atoms with Gasteiger partial charge >= 0.3 is 5.51 Å². The van der Waals surface area contributed by atoms with Crippen LogP contribution in [0.5, 0.6) is 0 Å². The molecule has 1 heterocycles. The van der Waals surface area contributed by atoms with E-state index in [2.05, 4.69) is 3.77 Å². The molecule has 0 amide bonds. The van der Waals surface area contributed by atoms with E-state index in [1.807, 2.05) is 0 Å². The van der Waals surface area contributed by atoms with Crippen molar-refractivity contribution >= 4 is 20.9 Å². The monoisotopic (exact) mass is 356 g/mol. The molecule has 1 aliphatic rings. The maximum atomic E-state index is 13.2. The second kappa shape index (κ2) is 6.65. The van der Waals surface area contributed by atoms with Crippen LogP contribution in [0.2, 0.25) is 0 Å². The number of aryl methyl sites for hydroxylation is 1. The summed E-state index contributed by atoms with van der Waals surface area (Å²) < 4.78 is 72.9. The van der Waals surface area contributed by atoms with Gasteiger partial charge in [0.15, 0.2) is 0 Å². The van der Waals surface area contributed by atoms with E-state index in [1.54, 1.807) is 6.92 Å². The van der Waals surface area contributed by atoms with E-state index in [1.165, 1.54) is 24.3 Å². The molecule has 1 aromatic rings. The Labute approximate surface area is 129 Å². The number of rotatable bonds is 3. The van der Waals surface area contributed by atoms with E-state index in [0.29, 0.717) is 0 Å². The fraction of sp³-hybridized carbons (Fsp3) is 0.500. The van der Waals surface area contributed by atoms with Gasteiger partial charge in [-0.3, -0.25) is 0 Å². The van der Waals surface area contributed by atoms with Crippen molar-refractivity contribution in [3.8, 4) is 0 Å². The minimum Gasteiger partial charge on any atom is -0.379 e. The molecular formula is C12H15F3N2O3S2. The lowest BCUT2D eigenvalue weighted by molar-refractivity contribution is -0.0419. The lowest BCUT2D eigenvalue weighted by Crippen LogP contribution is -2.42. The molecule has 10 heteroatoms. The molecule has 0 aromatic heterocycles. The summed E-state index contributed by atoms with van der Waals surface area (Å²) in [5.74, 6) is 0. The van der Waals surface area contributed by atoms with E-state index in [-0.39, 0.29) is 31.2 Å². The topological polar surface area (TPSA) is 59.0 Å². The summed E-state index contributed by atoms with van der Waals surface area (Å²) in [6, 6.07) is 5.54. The third kappa shape index (κ3) is 4.28. The first kappa shape index (κ1) is 17.4. The van der Waals surface area contributed by atoms with Crippen molar-refractivity contribution in [2.75, 3.05) is 26.3 Å². The second-order valence-electron chi connectivity index (χ2n) is 4.61. The summed E-state index contributed by atoms with van der Waals surface area (Å²) in [5, 5.41) is 0. The van der Waals surface area contributed by atoms with Crippen molar-refractivity contribution in [2.45, 2.75) is 17.3 Å². The highest BCUT2D eigenvalue weighted by molar-refractivity contribution is 7.99. The highest BCUT2D eigenvalue weighted by Crippen LogP contribution is 2.28. The summed E-state index contributed by atoms with van der Waals surface area (Å²) in [6.07, 6.45) is 0. The first-order chi connectivity index (χ1) is 10.2. The Morgan fingerprint density at radius 1 is 1.18 bits per heavy atom. The Bertz CT molecular complexity index is 651. The highest BCUT2D eigenvalue weighted by Gasteiger charge is 2.41. The van der Waals surface area contributed by atoms with Crippen LogP contribution in [0.1, 0.15) is 5.56 Å². The number of hydrogen-bond acceptors (Lipinski definition) is 3.